The average molecular weight is 290 g/mol. The maximum Gasteiger partial charge on any atom is 0.170 e. The van der Waals surface area contributed by atoms with Crippen molar-refractivity contribution in [3.8, 4) is 0 Å². The van der Waals surface area contributed by atoms with Gasteiger partial charge in [0.05, 0.1) is 0 Å². The largest absolute Gasteiger partial charge is 0.294 e. The molecule has 0 amide bonds. The summed E-state index contributed by atoms with van der Waals surface area (Å²) in [6, 6.07) is 4.15. The SMILES string of the molecule is Cc1cc(C)c(C(=O)C2(CP=O)CCCCC2)c(C)c1. The van der Waals surface area contributed by atoms with Gasteiger partial charge in [-0.2, -0.15) is 0 Å². The van der Waals surface area contributed by atoms with Gasteiger partial charge in [0.25, 0.3) is 0 Å². The van der Waals surface area contributed by atoms with Gasteiger partial charge in [-0.25, -0.2) is 0 Å². The molecule has 20 heavy (non-hydrogen) atoms. The van der Waals surface area contributed by atoms with E-state index in [4.69, 9.17) is 0 Å². The molecule has 2 nitrogen and oxygen atoms in total. The van der Waals surface area contributed by atoms with Crippen molar-refractivity contribution in [2.45, 2.75) is 52.9 Å². The molecule has 0 N–H and O–H groups in total. The van der Waals surface area contributed by atoms with E-state index in [1.54, 1.807) is 0 Å². The van der Waals surface area contributed by atoms with Crippen LogP contribution >= 0.6 is 8.46 Å². The summed E-state index contributed by atoms with van der Waals surface area (Å²) in [6.45, 7) is 6.08. The van der Waals surface area contributed by atoms with Gasteiger partial charge in [0.1, 0.15) is 0 Å². The summed E-state index contributed by atoms with van der Waals surface area (Å²) in [6.07, 6.45) is 5.58. The highest BCUT2D eigenvalue weighted by Gasteiger charge is 2.40. The van der Waals surface area contributed by atoms with Crippen LogP contribution in [0, 0.1) is 26.2 Å². The molecule has 3 heteroatoms. The lowest BCUT2D eigenvalue weighted by atomic mass is 9.69. The Hall–Kier alpha value is -1.01. The van der Waals surface area contributed by atoms with Gasteiger partial charge in [0.15, 0.2) is 14.2 Å². The molecule has 1 aromatic carbocycles. The number of Topliss-reactive ketones (excluding diaryl/α,β-unsaturated/α-hetero) is 1. The molecule has 0 heterocycles. The Morgan fingerprint density at radius 2 is 1.65 bits per heavy atom. The number of hydrogen-bond acceptors (Lipinski definition) is 2. The quantitative estimate of drug-likeness (QED) is 0.575. The normalized spacial score (nSPS) is 18.1. The van der Waals surface area contributed by atoms with Crippen LogP contribution in [0.15, 0.2) is 12.1 Å². The Morgan fingerprint density at radius 1 is 1.10 bits per heavy atom. The van der Waals surface area contributed by atoms with Crippen LogP contribution in [0.3, 0.4) is 0 Å². The summed E-state index contributed by atoms with van der Waals surface area (Å²) in [5.41, 5.74) is 3.77. The molecule has 1 aliphatic rings. The summed E-state index contributed by atoms with van der Waals surface area (Å²) >= 11 is 0. The fourth-order valence-electron chi connectivity index (χ4n) is 3.61. The Morgan fingerprint density at radius 3 is 2.15 bits per heavy atom. The van der Waals surface area contributed by atoms with E-state index in [2.05, 4.69) is 19.1 Å². The summed E-state index contributed by atoms with van der Waals surface area (Å²) in [5.74, 6) is 0.218. The first-order chi connectivity index (χ1) is 9.50. The molecule has 1 aromatic rings. The number of benzene rings is 1. The second kappa shape index (κ2) is 6.18. The molecular weight excluding hydrogens is 267 g/mol. The standard InChI is InChI=1S/C17H23O2P/c1-12-9-13(2)15(14(3)10-12)16(18)17(11-20-19)7-5-4-6-8-17/h9-10H,4-8,11H2,1-3H3. The van der Waals surface area contributed by atoms with Crippen LogP contribution in [0.1, 0.15) is 59.2 Å². The molecule has 1 fully saturated rings. The average Bonchev–Trinajstić information content (AvgIpc) is 2.38. The predicted molar refractivity (Wildman–Crippen MR) is 83.0 cm³/mol. The Balaban J connectivity index is 2.45. The van der Waals surface area contributed by atoms with Crippen molar-refractivity contribution in [2.24, 2.45) is 5.41 Å². The van der Waals surface area contributed by atoms with Gasteiger partial charge < -0.3 is 0 Å². The van der Waals surface area contributed by atoms with E-state index in [1.165, 1.54) is 12.0 Å². The molecule has 0 saturated heterocycles. The lowest BCUT2D eigenvalue weighted by molar-refractivity contribution is 0.0755. The number of aryl methyl sites for hydroxylation is 3. The zero-order chi connectivity index (χ0) is 14.8. The predicted octanol–water partition coefficient (Wildman–Crippen LogP) is 5.04. The first-order valence-electron chi connectivity index (χ1n) is 7.42. The zero-order valence-corrected chi connectivity index (χ0v) is 13.6. The van der Waals surface area contributed by atoms with Gasteiger partial charge in [0, 0.05) is 17.1 Å². The summed E-state index contributed by atoms with van der Waals surface area (Å²) in [4.78, 5) is 13.1. The van der Waals surface area contributed by atoms with Crippen LogP contribution in [0.25, 0.3) is 0 Å². The molecule has 0 aliphatic heterocycles. The molecular formula is C17H23O2P. The second-order valence-electron chi connectivity index (χ2n) is 6.23. The second-order valence-corrected chi connectivity index (χ2v) is 6.81. The summed E-state index contributed by atoms with van der Waals surface area (Å²) in [5, 5.41) is 0. The third-order valence-electron chi connectivity index (χ3n) is 4.56. The highest BCUT2D eigenvalue weighted by molar-refractivity contribution is 7.23. The molecule has 0 radical (unpaired) electrons. The molecule has 2 rings (SSSR count). The van der Waals surface area contributed by atoms with Crippen molar-refractivity contribution in [2.75, 3.05) is 6.16 Å². The Bertz CT molecular complexity index is 505. The molecule has 0 bridgehead atoms. The minimum absolute atomic E-state index is 0.0959. The van der Waals surface area contributed by atoms with E-state index < -0.39 is 5.41 Å². The minimum Gasteiger partial charge on any atom is -0.294 e. The summed E-state index contributed by atoms with van der Waals surface area (Å²) in [7, 11) is 0.0959. The van der Waals surface area contributed by atoms with Gasteiger partial charge in [-0.15, -0.1) is 0 Å². The fraction of sp³-hybridized carbons (Fsp3) is 0.588. The van der Waals surface area contributed by atoms with Crippen LogP contribution in [0.5, 0.6) is 0 Å². The number of rotatable bonds is 4. The van der Waals surface area contributed by atoms with E-state index in [9.17, 15) is 9.36 Å². The molecule has 0 spiro atoms. The molecule has 108 valence electrons. The maximum absolute atomic E-state index is 13.1. The lowest BCUT2D eigenvalue weighted by Crippen LogP contribution is -2.36. The van der Waals surface area contributed by atoms with Crippen molar-refractivity contribution >= 4 is 14.2 Å². The maximum atomic E-state index is 13.1. The monoisotopic (exact) mass is 290 g/mol. The number of carbonyl (C=O) groups is 1. The topological polar surface area (TPSA) is 34.1 Å². The van der Waals surface area contributed by atoms with Gasteiger partial charge in [-0.3, -0.25) is 9.36 Å². The van der Waals surface area contributed by atoms with E-state index in [0.29, 0.717) is 6.16 Å². The first kappa shape index (κ1) is 15.4. The van der Waals surface area contributed by atoms with Crippen molar-refractivity contribution in [3.05, 3.63) is 34.4 Å². The van der Waals surface area contributed by atoms with Gasteiger partial charge >= 0.3 is 0 Å². The number of hydrogen-bond donors (Lipinski definition) is 0. The number of carbonyl (C=O) groups excluding carboxylic acids is 1. The number of ketones is 1. The fourth-order valence-corrected chi connectivity index (χ4v) is 4.32. The summed E-state index contributed by atoms with van der Waals surface area (Å²) < 4.78 is 11.2. The highest BCUT2D eigenvalue weighted by Crippen LogP contribution is 2.42. The molecule has 0 aromatic heterocycles. The Labute approximate surface area is 123 Å². The zero-order valence-electron chi connectivity index (χ0n) is 12.7. The van der Waals surface area contributed by atoms with Crippen LogP contribution in [-0.4, -0.2) is 11.9 Å². The van der Waals surface area contributed by atoms with E-state index in [-0.39, 0.29) is 14.2 Å². The van der Waals surface area contributed by atoms with Gasteiger partial charge in [0.2, 0.25) is 0 Å². The van der Waals surface area contributed by atoms with Crippen LogP contribution < -0.4 is 0 Å². The lowest BCUT2D eigenvalue weighted by Gasteiger charge is -2.35. The van der Waals surface area contributed by atoms with Crippen molar-refractivity contribution in [1.82, 2.24) is 0 Å². The van der Waals surface area contributed by atoms with E-state index >= 15 is 0 Å². The van der Waals surface area contributed by atoms with Gasteiger partial charge in [-0.1, -0.05) is 37.0 Å². The highest BCUT2D eigenvalue weighted by atomic mass is 31.1. The Kier molecular flexibility index (Phi) is 4.75. The molecule has 1 saturated carbocycles. The third-order valence-corrected chi connectivity index (χ3v) is 5.30. The molecule has 0 atom stereocenters. The van der Waals surface area contributed by atoms with Gasteiger partial charge in [-0.05, 0) is 44.7 Å². The molecule has 1 aliphatic carbocycles. The first-order valence-corrected chi connectivity index (χ1v) is 8.42. The van der Waals surface area contributed by atoms with Crippen LogP contribution in [0.4, 0.5) is 0 Å². The smallest absolute Gasteiger partial charge is 0.170 e. The van der Waals surface area contributed by atoms with Crippen molar-refractivity contribution < 1.29 is 9.36 Å². The van der Waals surface area contributed by atoms with Crippen LogP contribution in [0.2, 0.25) is 0 Å². The van der Waals surface area contributed by atoms with E-state index in [1.807, 2.05) is 13.8 Å². The third kappa shape index (κ3) is 2.86. The van der Waals surface area contributed by atoms with Crippen molar-refractivity contribution in [1.29, 1.82) is 0 Å². The van der Waals surface area contributed by atoms with Crippen LogP contribution in [-0.2, 0) is 4.57 Å². The molecule has 0 unspecified atom stereocenters. The van der Waals surface area contributed by atoms with E-state index in [0.717, 1.165) is 42.4 Å². The van der Waals surface area contributed by atoms with Crippen molar-refractivity contribution in [3.63, 3.8) is 0 Å². The minimum atomic E-state index is -0.396.